The number of nitrogens with one attached hydrogen (secondary N) is 2. The molecule has 0 aliphatic rings. The Morgan fingerprint density at radius 2 is 2.22 bits per heavy atom. The fourth-order valence-electron chi connectivity index (χ4n) is 2.41. The minimum Gasteiger partial charge on any atom is -0.396 e. The third-order valence-electron chi connectivity index (χ3n) is 3.83. The Balaban J connectivity index is 1.99. The molecule has 23 heavy (non-hydrogen) atoms. The molecule has 0 aliphatic carbocycles. The zero-order valence-corrected chi connectivity index (χ0v) is 13.6. The van der Waals surface area contributed by atoms with E-state index in [4.69, 9.17) is 5.11 Å². The molecule has 0 aliphatic heterocycles. The van der Waals surface area contributed by atoms with Crippen LogP contribution in [0, 0.1) is 0 Å². The van der Waals surface area contributed by atoms with Crippen LogP contribution >= 0.6 is 0 Å². The van der Waals surface area contributed by atoms with Crippen LogP contribution in [0.1, 0.15) is 38.3 Å². The standard InChI is InChI=1S/C17H24N4O2/c1-3-15(7-10-22)20-17(23)19-13(2)14-5-4-6-16(11-14)21-9-8-18-12-21/h4-6,8-9,11-13,15,22H,3,7,10H2,1-2H3,(H2,19,20,23). The van der Waals surface area contributed by atoms with Crippen LogP contribution < -0.4 is 10.6 Å². The van der Waals surface area contributed by atoms with Crippen LogP contribution in [0.25, 0.3) is 5.69 Å². The van der Waals surface area contributed by atoms with Crippen molar-refractivity contribution in [3.05, 3.63) is 48.5 Å². The second-order valence-electron chi connectivity index (χ2n) is 5.52. The van der Waals surface area contributed by atoms with E-state index in [0.29, 0.717) is 6.42 Å². The van der Waals surface area contributed by atoms with Crippen LogP contribution in [0.2, 0.25) is 0 Å². The first-order valence-electron chi connectivity index (χ1n) is 7.90. The summed E-state index contributed by atoms with van der Waals surface area (Å²) in [7, 11) is 0. The van der Waals surface area contributed by atoms with E-state index in [1.165, 1.54) is 0 Å². The molecule has 124 valence electrons. The van der Waals surface area contributed by atoms with Gasteiger partial charge in [0.2, 0.25) is 0 Å². The summed E-state index contributed by atoms with van der Waals surface area (Å²) in [6.45, 7) is 4.00. The molecule has 0 radical (unpaired) electrons. The van der Waals surface area contributed by atoms with Gasteiger partial charge in [-0.3, -0.25) is 0 Å². The number of hydrogen-bond acceptors (Lipinski definition) is 3. The Labute approximate surface area is 136 Å². The topological polar surface area (TPSA) is 79.2 Å². The normalized spacial score (nSPS) is 13.3. The summed E-state index contributed by atoms with van der Waals surface area (Å²) >= 11 is 0. The first-order chi connectivity index (χ1) is 11.1. The van der Waals surface area contributed by atoms with Crippen LogP contribution in [0.5, 0.6) is 0 Å². The van der Waals surface area contributed by atoms with E-state index >= 15 is 0 Å². The summed E-state index contributed by atoms with van der Waals surface area (Å²) in [5, 5.41) is 14.8. The van der Waals surface area contributed by atoms with Gasteiger partial charge >= 0.3 is 6.03 Å². The number of benzene rings is 1. The minimum atomic E-state index is -0.217. The van der Waals surface area contributed by atoms with Crippen molar-refractivity contribution in [3.63, 3.8) is 0 Å². The lowest BCUT2D eigenvalue weighted by Crippen LogP contribution is -2.43. The van der Waals surface area contributed by atoms with Crippen molar-refractivity contribution in [2.45, 2.75) is 38.8 Å². The highest BCUT2D eigenvalue weighted by atomic mass is 16.3. The lowest BCUT2D eigenvalue weighted by atomic mass is 10.1. The number of carbonyl (C=O) groups is 1. The zero-order chi connectivity index (χ0) is 16.7. The van der Waals surface area contributed by atoms with Gasteiger partial charge in [0.15, 0.2) is 0 Å². The lowest BCUT2D eigenvalue weighted by Gasteiger charge is -2.20. The molecular formula is C17H24N4O2. The van der Waals surface area contributed by atoms with E-state index in [2.05, 4.69) is 15.6 Å². The van der Waals surface area contributed by atoms with Crippen LogP contribution in [-0.2, 0) is 0 Å². The second-order valence-corrected chi connectivity index (χ2v) is 5.52. The Bertz CT molecular complexity index is 613. The number of aliphatic hydroxyl groups is 1. The molecule has 1 aromatic heterocycles. The number of amides is 2. The monoisotopic (exact) mass is 316 g/mol. The Morgan fingerprint density at radius 3 is 2.87 bits per heavy atom. The number of aromatic nitrogens is 2. The van der Waals surface area contributed by atoms with Crippen LogP contribution in [-0.4, -0.2) is 33.3 Å². The summed E-state index contributed by atoms with van der Waals surface area (Å²) in [4.78, 5) is 16.1. The van der Waals surface area contributed by atoms with Crippen molar-refractivity contribution in [2.24, 2.45) is 0 Å². The predicted molar refractivity (Wildman–Crippen MR) is 89.4 cm³/mol. The van der Waals surface area contributed by atoms with Gasteiger partial charge in [0.25, 0.3) is 0 Å². The molecule has 2 aromatic rings. The van der Waals surface area contributed by atoms with Crippen molar-refractivity contribution in [2.75, 3.05) is 6.61 Å². The van der Waals surface area contributed by atoms with Gasteiger partial charge in [-0.2, -0.15) is 0 Å². The first-order valence-corrected chi connectivity index (χ1v) is 7.90. The fourth-order valence-corrected chi connectivity index (χ4v) is 2.41. The fraction of sp³-hybridized carbons (Fsp3) is 0.412. The van der Waals surface area contributed by atoms with E-state index in [1.807, 2.05) is 48.9 Å². The summed E-state index contributed by atoms with van der Waals surface area (Å²) in [5.41, 5.74) is 2.02. The maximum atomic E-state index is 12.1. The molecule has 6 heteroatoms. The van der Waals surface area contributed by atoms with Crippen molar-refractivity contribution < 1.29 is 9.90 Å². The maximum absolute atomic E-state index is 12.1. The molecular weight excluding hydrogens is 292 g/mol. The molecule has 0 saturated carbocycles. The van der Waals surface area contributed by atoms with Crippen LogP contribution in [0.3, 0.4) is 0 Å². The molecule has 0 spiro atoms. The van der Waals surface area contributed by atoms with Crippen LogP contribution in [0.15, 0.2) is 43.0 Å². The van der Waals surface area contributed by atoms with E-state index in [9.17, 15) is 4.79 Å². The molecule has 2 unspecified atom stereocenters. The molecule has 2 atom stereocenters. The van der Waals surface area contributed by atoms with E-state index in [-0.39, 0.29) is 24.7 Å². The van der Waals surface area contributed by atoms with Gasteiger partial charge in [-0.05, 0) is 37.5 Å². The molecule has 1 aromatic carbocycles. The second kappa shape index (κ2) is 8.33. The van der Waals surface area contributed by atoms with Crippen molar-refractivity contribution >= 4 is 6.03 Å². The van der Waals surface area contributed by atoms with Gasteiger partial charge in [0, 0.05) is 30.7 Å². The van der Waals surface area contributed by atoms with E-state index in [1.54, 1.807) is 12.5 Å². The van der Waals surface area contributed by atoms with E-state index < -0.39 is 0 Å². The van der Waals surface area contributed by atoms with Gasteiger partial charge in [-0.15, -0.1) is 0 Å². The SMILES string of the molecule is CCC(CCO)NC(=O)NC(C)c1cccc(-n2ccnc2)c1. The smallest absolute Gasteiger partial charge is 0.315 e. The molecule has 2 rings (SSSR count). The molecule has 0 fully saturated rings. The molecule has 1 heterocycles. The van der Waals surface area contributed by atoms with Gasteiger partial charge in [0.05, 0.1) is 12.4 Å². The number of imidazole rings is 1. The molecule has 6 nitrogen and oxygen atoms in total. The molecule has 3 N–H and O–H groups in total. The molecule has 0 bridgehead atoms. The van der Waals surface area contributed by atoms with Gasteiger partial charge in [0.1, 0.15) is 0 Å². The maximum Gasteiger partial charge on any atom is 0.315 e. The summed E-state index contributed by atoms with van der Waals surface area (Å²) in [5.74, 6) is 0. The average Bonchev–Trinajstić information content (AvgIpc) is 3.09. The Kier molecular flexibility index (Phi) is 6.17. The van der Waals surface area contributed by atoms with Gasteiger partial charge in [-0.25, -0.2) is 9.78 Å². The highest BCUT2D eigenvalue weighted by molar-refractivity contribution is 5.74. The van der Waals surface area contributed by atoms with Crippen molar-refractivity contribution in [1.29, 1.82) is 0 Å². The van der Waals surface area contributed by atoms with Gasteiger partial charge < -0.3 is 20.3 Å². The quantitative estimate of drug-likeness (QED) is 0.734. The summed E-state index contributed by atoms with van der Waals surface area (Å²) in [6, 6.07) is 7.61. The number of carbonyl (C=O) groups excluding carboxylic acids is 1. The first kappa shape index (κ1) is 17.0. The number of urea groups is 1. The average molecular weight is 316 g/mol. The molecule has 2 amide bonds. The summed E-state index contributed by atoms with van der Waals surface area (Å²) < 4.78 is 1.92. The largest absolute Gasteiger partial charge is 0.396 e. The highest BCUT2D eigenvalue weighted by Gasteiger charge is 2.13. The Morgan fingerprint density at radius 1 is 1.39 bits per heavy atom. The molecule has 0 saturated heterocycles. The third-order valence-corrected chi connectivity index (χ3v) is 3.83. The highest BCUT2D eigenvalue weighted by Crippen LogP contribution is 2.16. The van der Waals surface area contributed by atoms with Crippen LogP contribution in [0.4, 0.5) is 4.79 Å². The zero-order valence-electron chi connectivity index (χ0n) is 13.6. The number of aliphatic hydroxyl groups excluding tert-OH is 1. The van der Waals surface area contributed by atoms with Gasteiger partial charge in [-0.1, -0.05) is 19.1 Å². The minimum absolute atomic E-state index is 0.00974. The number of hydrogen-bond donors (Lipinski definition) is 3. The predicted octanol–water partition coefficient (Wildman–Crippen LogP) is 2.39. The third kappa shape index (κ3) is 4.82. The van der Waals surface area contributed by atoms with Crippen molar-refractivity contribution in [3.8, 4) is 5.69 Å². The number of rotatable bonds is 7. The Hall–Kier alpha value is -2.34. The van der Waals surface area contributed by atoms with E-state index in [0.717, 1.165) is 17.7 Å². The van der Waals surface area contributed by atoms with Crippen molar-refractivity contribution in [1.82, 2.24) is 20.2 Å². The number of nitrogens with zero attached hydrogens (tertiary/aromatic N) is 2. The summed E-state index contributed by atoms with van der Waals surface area (Å²) in [6.07, 6.45) is 6.70. The lowest BCUT2D eigenvalue weighted by molar-refractivity contribution is 0.225.